The van der Waals surface area contributed by atoms with Crippen molar-refractivity contribution >= 4 is 22.6 Å². The fraction of sp³-hybridized carbons (Fsp3) is 0.455. The van der Waals surface area contributed by atoms with E-state index < -0.39 is 44.8 Å². The molecule has 0 radical (unpaired) electrons. The van der Waals surface area contributed by atoms with E-state index in [2.05, 4.69) is 4.72 Å². The molecule has 0 spiro atoms. The second-order valence-electron chi connectivity index (χ2n) is 5.48. The molecule has 0 heterocycles. The summed E-state index contributed by atoms with van der Waals surface area (Å²) in [7, 11) is -6.56. The summed E-state index contributed by atoms with van der Waals surface area (Å²) in [6.45, 7) is 4.52. The van der Waals surface area contributed by atoms with Crippen LogP contribution in [0.15, 0.2) is 23.1 Å². The second kappa shape index (κ2) is 5.60. The molecule has 1 aromatic rings. The van der Waals surface area contributed by atoms with Gasteiger partial charge in [0, 0.05) is 11.0 Å². The summed E-state index contributed by atoms with van der Waals surface area (Å²) < 4.78 is 64.5. The quantitative estimate of drug-likeness (QED) is 0.705. The number of nitrogens with one attached hydrogen (secondary N) is 1. The van der Waals surface area contributed by atoms with Crippen molar-refractivity contribution in [3.8, 4) is 0 Å². The van der Waals surface area contributed by atoms with Gasteiger partial charge in [-0.05, 0) is 26.8 Å². The molecule has 0 unspecified atom stereocenters. The molecule has 0 bridgehead atoms. The van der Waals surface area contributed by atoms with Crippen LogP contribution in [0.4, 0.5) is 13.2 Å². The van der Waals surface area contributed by atoms with E-state index in [1.54, 1.807) is 0 Å². The minimum atomic E-state index is -4.75. The summed E-state index contributed by atoms with van der Waals surface area (Å²) in [6, 6.07) is 1.69. The number of hydrogen-bond donors (Lipinski definition) is 3. The molecule has 3 N–H and O–H groups in total. The zero-order valence-corrected chi connectivity index (χ0v) is 12.4. The van der Waals surface area contributed by atoms with Gasteiger partial charge in [0.2, 0.25) is 10.0 Å². The first-order chi connectivity index (χ1) is 9.24. The molecule has 1 aromatic carbocycles. The molecule has 21 heavy (non-hydrogen) atoms. The molecule has 0 aliphatic rings. The highest BCUT2D eigenvalue weighted by Gasteiger charge is 2.35. The normalized spacial score (nSPS) is 13.3. The van der Waals surface area contributed by atoms with E-state index in [9.17, 15) is 21.6 Å². The van der Waals surface area contributed by atoms with Crippen LogP contribution >= 0.6 is 0 Å². The lowest BCUT2D eigenvalue weighted by Gasteiger charge is -2.22. The first-order valence-corrected chi connectivity index (χ1v) is 7.33. The Morgan fingerprint density at radius 1 is 1.14 bits per heavy atom. The van der Waals surface area contributed by atoms with Crippen molar-refractivity contribution in [3.63, 3.8) is 0 Å². The Balaban J connectivity index is 3.51. The molecular weight excluding hydrogens is 310 g/mol. The maximum absolute atomic E-state index is 12.7. The van der Waals surface area contributed by atoms with Crippen LogP contribution in [0.5, 0.6) is 0 Å². The number of rotatable bonds is 3. The lowest BCUT2D eigenvalue weighted by Crippen LogP contribution is -2.44. The van der Waals surface area contributed by atoms with Gasteiger partial charge in [0.25, 0.3) is 0 Å². The minimum absolute atomic E-state index is 0.378. The molecule has 0 aliphatic heterocycles. The minimum Gasteiger partial charge on any atom is -0.423 e. The van der Waals surface area contributed by atoms with Gasteiger partial charge in [-0.3, -0.25) is 0 Å². The number of sulfonamides is 1. The molecule has 0 amide bonds. The van der Waals surface area contributed by atoms with Crippen molar-refractivity contribution in [2.75, 3.05) is 0 Å². The van der Waals surface area contributed by atoms with Crippen molar-refractivity contribution in [1.29, 1.82) is 0 Å². The third-order valence-corrected chi connectivity index (χ3v) is 4.16. The largest absolute Gasteiger partial charge is 0.489 e. The van der Waals surface area contributed by atoms with Gasteiger partial charge in [-0.15, -0.1) is 0 Å². The molecule has 118 valence electrons. The van der Waals surface area contributed by atoms with Gasteiger partial charge < -0.3 is 10.0 Å². The van der Waals surface area contributed by atoms with Gasteiger partial charge in [-0.1, -0.05) is 12.1 Å². The molecule has 0 saturated heterocycles. The standard InChI is InChI=1S/C11H15BF3NO4S/c1-10(2,3)16-21(19,20)9-6-7(11(13,14)15)4-5-8(9)12(17)18/h4-6,16-18H,1-3H3. The molecule has 0 atom stereocenters. The smallest absolute Gasteiger partial charge is 0.423 e. The lowest BCUT2D eigenvalue weighted by molar-refractivity contribution is -0.137. The zero-order chi connectivity index (χ0) is 16.6. The van der Waals surface area contributed by atoms with Crippen LogP contribution in [0, 0.1) is 0 Å². The van der Waals surface area contributed by atoms with E-state index >= 15 is 0 Å². The fourth-order valence-corrected chi connectivity index (χ4v) is 3.30. The van der Waals surface area contributed by atoms with E-state index in [4.69, 9.17) is 10.0 Å². The van der Waals surface area contributed by atoms with Crippen LogP contribution in [-0.4, -0.2) is 31.1 Å². The van der Waals surface area contributed by atoms with Crippen LogP contribution < -0.4 is 10.2 Å². The fourth-order valence-electron chi connectivity index (χ4n) is 1.61. The van der Waals surface area contributed by atoms with E-state index in [0.29, 0.717) is 12.1 Å². The Morgan fingerprint density at radius 3 is 2.05 bits per heavy atom. The van der Waals surface area contributed by atoms with Crippen molar-refractivity contribution in [3.05, 3.63) is 23.8 Å². The van der Waals surface area contributed by atoms with E-state index in [1.165, 1.54) is 20.8 Å². The number of halogens is 3. The molecular formula is C11H15BF3NO4S. The summed E-state index contributed by atoms with van der Waals surface area (Å²) in [5, 5.41) is 18.3. The SMILES string of the molecule is CC(C)(C)NS(=O)(=O)c1cc(C(F)(F)F)ccc1B(O)O. The maximum Gasteiger partial charge on any atom is 0.489 e. The third kappa shape index (κ3) is 4.70. The van der Waals surface area contributed by atoms with E-state index in [0.717, 1.165) is 6.07 Å². The average Bonchev–Trinajstić information content (AvgIpc) is 2.23. The van der Waals surface area contributed by atoms with Crippen LogP contribution in [0.3, 0.4) is 0 Å². The van der Waals surface area contributed by atoms with Crippen LogP contribution in [0.25, 0.3) is 0 Å². The van der Waals surface area contributed by atoms with Crippen LogP contribution in [0.1, 0.15) is 26.3 Å². The third-order valence-electron chi connectivity index (χ3n) is 2.35. The van der Waals surface area contributed by atoms with Gasteiger partial charge in [0.15, 0.2) is 0 Å². The number of hydrogen-bond acceptors (Lipinski definition) is 4. The van der Waals surface area contributed by atoms with Crippen molar-refractivity contribution in [1.82, 2.24) is 4.72 Å². The van der Waals surface area contributed by atoms with Gasteiger partial charge in [-0.25, -0.2) is 13.1 Å². The molecule has 0 aliphatic carbocycles. The Morgan fingerprint density at radius 2 is 1.67 bits per heavy atom. The Labute approximate surface area is 121 Å². The topological polar surface area (TPSA) is 86.6 Å². The molecule has 0 saturated carbocycles. The molecule has 5 nitrogen and oxygen atoms in total. The van der Waals surface area contributed by atoms with Crippen LogP contribution in [0.2, 0.25) is 0 Å². The predicted octanol–water partition coefficient (Wildman–Crippen LogP) is 0.462. The van der Waals surface area contributed by atoms with Crippen molar-refractivity contribution in [2.45, 2.75) is 37.4 Å². The highest BCUT2D eigenvalue weighted by atomic mass is 32.2. The summed E-state index contributed by atoms with van der Waals surface area (Å²) in [5.41, 5.74) is -2.66. The maximum atomic E-state index is 12.7. The Bertz CT molecular complexity index is 623. The first-order valence-electron chi connectivity index (χ1n) is 5.85. The molecule has 0 aromatic heterocycles. The number of alkyl halides is 3. The van der Waals surface area contributed by atoms with Gasteiger partial charge in [0.1, 0.15) is 0 Å². The first kappa shape index (κ1) is 18.0. The summed E-state index contributed by atoms with van der Waals surface area (Å²) in [4.78, 5) is -0.817. The van der Waals surface area contributed by atoms with Crippen molar-refractivity contribution < 1.29 is 31.6 Å². The van der Waals surface area contributed by atoms with E-state index in [-0.39, 0.29) is 0 Å². The average molecular weight is 325 g/mol. The molecule has 10 heteroatoms. The highest BCUT2D eigenvalue weighted by molar-refractivity contribution is 7.89. The molecule has 0 fully saturated rings. The predicted molar refractivity (Wildman–Crippen MR) is 71.3 cm³/mol. The van der Waals surface area contributed by atoms with Gasteiger partial charge >= 0.3 is 13.3 Å². The van der Waals surface area contributed by atoms with E-state index in [1.807, 2.05) is 0 Å². The van der Waals surface area contributed by atoms with Crippen LogP contribution in [-0.2, 0) is 16.2 Å². The lowest BCUT2D eigenvalue weighted by atomic mass is 9.80. The Hall–Kier alpha value is -1.10. The zero-order valence-electron chi connectivity index (χ0n) is 11.6. The van der Waals surface area contributed by atoms with Gasteiger partial charge in [-0.2, -0.15) is 13.2 Å². The Kier molecular flexibility index (Phi) is 4.79. The highest BCUT2D eigenvalue weighted by Crippen LogP contribution is 2.30. The molecule has 1 rings (SSSR count). The summed E-state index contributed by atoms with van der Waals surface area (Å²) >= 11 is 0. The van der Waals surface area contributed by atoms with Crippen molar-refractivity contribution in [2.24, 2.45) is 0 Å². The monoisotopic (exact) mass is 325 g/mol. The number of benzene rings is 1. The second-order valence-corrected chi connectivity index (χ2v) is 7.13. The van der Waals surface area contributed by atoms with Gasteiger partial charge in [0.05, 0.1) is 10.5 Å². The summed E-state index contributed by atoms with van der Waals surface area (Å²) in [6.07, 6.45) is -4.75. The summed E-state index contributed by atoms with van der Waals surface area (Å²) in [5.74, 6) is 0.